The van der Waals surface area contributed by atoms with Gasteiger partial charge in [-0.3, -0.25) is 4.79 Å². The summed E-state index contributed by atoms with van der Waals surface area (Å²) in [5.41, 5.74) is 7.17. The van der Waals surface area contributed by atoms with Crippen LogP contribution in [-0.2, 0) is 11.8 Å². The fourth-order valence-corrected chi connectivity index (χ4v) is 3.50. The van der Waals surface area contributed by atoms with Crippen LogP contribution >= 0.6 is 0 Å². The summed E-state index contributed by atoms with van der Waals surface area (Å²) >= 11 is 0. The van der Waals surface area contributed by atoms with Crippen LogP contribution in [0.25, 0.3) is 11.1 Å². The van der Waals surface area contributed by atoms with E-state index in [-0.39, 0.29) is 11.3 Å². The maximum absolute atomic E-state index is 12.3. The summed E-state index contributed by atoms with van der Waals surface area (Å²) < 4.78 is 0. The molecule has 0 spiro atoms. The Labute approximate surface area is 163 Å². The van der Waals surface area contributed by atoms with Crippen LogP contribution in [0, 0.1) is 0 Å². The fraction of sp³-hybridized carbons (Fsp3) is 0.435. The number of nitrogens with one attached hydrogen (secondary N) is 2. The smallest absolute Gasteiger partial charge is 0.251 e. The van der Waals surface area contributed by atoms with Crippen molar-refractivity contribution in [1.82, 2.24) is 10.2 Å². The van der Waals surface area contributed by atoms with Crippen molar-refractivity contribution in [1.29, 1.82) is 0 Å². The third kappa shape index (κ3) is 4.51. The lowest BCUT2D eigenvalue weighted by atomic mass is 9.80. The van der Waals surface area contributed by atoms with Gasteiger partial charge in [0.25, 0.3) is 5.91 Å². The van der Waals surface area contributed by atoms with Crippen LogP contribution in [0.3, 0.4) is 0 Å². The molecule has 0 saturated carbocycles. The highest BCUT2D eigenvalue weighted by Crippen LogP contribution is 2.38. The van der Waals surface area contributed by atoms with Crippen LogP contribution in [0.2, 0.25) is 0 Å². The number of nitrogens with zero attached hydrogens (tertiary/aromatic N) is 1. The van der Waals surface area contributed by atoms with Crippen molar-refractivity contribution in [3.8, 4) is 11.1 Å². The van der Waals surface area contributed by atoms with Crippen LogP contribution < -0.4 is 10.6 Å². The van der Waals surface area contributed by atoms with Crippen LogP contribution in [0.5, 0.6) is 0 Å². The first kappa shape index (κ1) is 19.4. The SMILES string of the molecule is CN(C)CCNC(=O)c1ccc(-c2cc3c(cc2C(C)(C)C)NCC3)cc1. The molecule has 27 heavy (non-hydrogen) atoms. The molecular formula is C23H31N3O. The molecule has 0 bridgehead atoms. The highest BCUT2D eigenvalue weighted by atomic mass is 16.1. The normalized spacial score (nSPS) is 13.4. The Kier molecular flexibility index (Phi) is 5.56. The molecule has 144 valence electrons. The molecule has 4 nitrogen and oxygen atoms in total. The molecule has 1 aliphatic heterocycles. The average Bonchev–Trinajstić information content (AvgIpc) is 3.07. The molecule has 0 aromatic heterocycles. The van der Waals surface area contributed by atoms with Crippen LogP contribution in [0.1, 0.15) is 42.3 Å². The minimum Gasteiger partial charge on any atom is -0.384 e. The van der Waals surface area contributed by atoms with Crippen LogP contribution in [0.15, 0.2) is 36.4 Å². The van der Waals surface area contributed by atoms with Crippen LogP contribution in [0.4, 0.5) is 5.69 Å². The van der Waals surface area contributed by atoms with Gasteiger partial charge >= 0.3 is 0 Å². The molecule has 0 fully saturated rings. The Morgan fingerprint density at radius 2 is 1.85 bits per heavy atom. The van der Waals surface area contributed by atoms with E-state index in [4.69, 9.17) is 0 Å². The second kappa shape index (κ2) is 7.73. The van der Waals surface area contributed by atoms with E-state index in [1.807, 2.05) is 26.2 Å². The highest BCUT2D eigenvalue weighted by molar-refractivity contribution is 5.94. The fourth-order valence-electron chi connectivity index (χ4n) is 3.50. The Hall–Kier alpha value is -2.33. The Balaban J connectivity index is 1.86. The summed E-state index contributed by atoms with van der Waals surface area (Å²) in [4.78, 5) is 14.4. The number of carbonyl (C=O) groups is 1. The Bertz CT molecular complexity index is 817. The summed E-state index contributed by atoms with van der Waals surface area (Å²) in [5, 5.41) is 6.46. The van der Waals surface area contributed by atoms with E-state index >= 15 is 0 Å². The first-order valence-electron chi connectivity index (χ1n) is 9.70. The van der Waals surface area contributed by atoms with Crippen molar-refractivity contribution in [3.63, 3.8) is 0 Å². The molecule has 3 rings (SSSR count). The van der Waals surface area contributed by atoms with Gasteiger partial charge in [0, 0.05) is 30.9 Å². The zero-order chi connectivity index (χ0) is 19.6. The van der Waals surface area contributed by atoms with Gasteiger partial charge in [-0.2, -0.15) is 0 Å². The lowest BCUT2D eigenvalue weighted by Gasteiger charge is -2.24. The minimum absolute atomic E-state index is 0.0161. The van der Waals surface area contributed by atoms with Gasteiger partial charge in [0.2, 0.25) is 0 Å². The summed E-state index contributed by atoms with van der Waals surface area (Å²) in [6, 6.07) is 12.6. The van der Waals surface area contributed by atoms with E-state index in [0.717, 1.165) is 19.5 Å². The van der Waals surface area contributed by atoms with Crippen molar-refractivity contribution < 1.29 is 4.79 Å². The zero-order valence-electron chi connectivity index (χ0n) is 17.1. The Morgan fingerprint density at radius 3 is 2.48 bits per heavy atom. The number of fused-ring (bicyclic) bond motifs is 1. The Morgan fingerprint density at radius 1 is 1.15 bits per heavy atom. The maximum Gasteiger partial charge on any atom is 0.251 e. The second-order valence-corrected chi connectivity index (χ2v) is 8.62. The lowest BCUT2D eigenvalue weighted by Crippen LogP contribution is -2.31. The van der Waals surface area contributed by atoms with Gasteiger partial charge in [-0.05, 0) is 72.5 Å². The molecule has 1 aliphatic rings. The maximum atomic E-state index is 12.3. The number of rotatable bonds is 5. The molecule has 0 radical (unpaired) electrons. The van der Waals surface area contributed by atoms with Crippen molar-refractivity contribution >= 4 is 11.6 Å². The molecule has 2 N–H and O–H groups in total. The molecule has 0 atom stereocenters. The van der Waals surface area contributed by atoms with Gasteiger partial charge in [0.15, 0.2) is 0 Å². The number of hydrogen-bond donors (Lipinski definition) is 2. The quantitative estimate of drug-likeness (QED) is 0.844. The van der Waals surface area contributed by atoms with E-state index in [0.29, 0.717) is 12.1 Å². The molecular weight excluding hydrogens is 334 g/mol. The molecule has 0 unspecified atom stereocenters. The van der Waals surface area contributed by atoms with E-state index in [1.54, 1.807) is 0 Å². The predicted octanol–water partition coefficient (Wildman–Crippen LogP) is 3.91. The number of benzene rings is 2. The van der Waals surface area contributed by atoms with Gasteiger partial charge in [0.1, 0.15) is 0 Å². The zero-order valence-corrected chi connectivity index (χ0v) is 17.1. The van der Waals surface area contributed by atoms with Crippen molar-refractivity contribution in [3.05, 3.63) is 53.1 Å². The van der Waals surface area contributed by atoms with Gasteiger partial charge in [-0.1, -0.05) is 32.9 Å². The van der Waals surface area contributed by atoms with Crippen molar-refractivity contribution in [2.75, 3.05) is 39.0 Å². The number of amides is 1. The second-order valence-electron chi connectivity index (χ2n) is 8.62. The molecule has 1 amide bonds. The minimum atomic E-state index is -0.0161. The molecule has 0 aliphatic carbocycles. The molecule has 0 saturated heterocycles. The summed E-state index contributed by atoms with van der Waals surface area (Å²) in [6.07, 6.45) is 1.07. The van der Waals surface area contributed by atoms with Gasteiger partial charge in [0.05, 0.1) is 0 Å². The van der Waals surface area contributed by atoms with Gasteiger partial charge in [-0.15, -0.1) is 0 Å². The number of hydrogen-bond acceptors (Lipinski definition) is 3. The van der Waals surface area contributed by atoms with E-state index in [1.165, 1.54) is 27.9 Å². The highest BCUT2D eigenvalue weighted by Gasteiger charge is 2.23. The third-order valence-electron chi connectivity index (χ3n) is 5.06. The molecule has 2 aromatic carbocycles. The third-order valence-corrected chi connectivity index (χ3v) is 5.06. The topological polar surface area (TPSA) is 44.4 Å². The number of carbonyl (C=O) groups excluding carboxylic acids is 1. The summed E-state index contributed by atoms with van der Waals surface area (Å²) in [7, 11) is 4.00. The average molecular weight is 366 g/mol. The van der Waals surface area contributed by atoms with E-state index in [9.17, 15) is 4.79 Å². The number of anilines is 1. The van der Waals surface area contributed by atoms with Crippen LogP contribution in [-0.4, -0.2) is 44.5 Å². The van der Waals surface area contributed by atoms with E-state index in [2.05, 4.69) is 60.6 Å². The first-order chi connectivity index (χ1) is 12.8. The van der Waals surface area contributed by atoms with Crippen molar-refractivity contribution in [2.24, 2.45) is 0 Å². The predicted molar refractivity (Wildman–Crippen MR) is 114 cm³/mol. The molecule has 4 heteroatoms. The first-order valence-corrected chi connectivity index (χ1v) is 9.70. The van der Waals surface area contributed by atoms with Gasteiger partial charge in [-0.25, -0.2) is 0 Å². The largest absolute Gasteiger partial charge is 0.384 e. The van der Waals surface area contributed by atoms with E-state index < -0.39 is 0 Å². The summed E-state index contributed by atoms with van der Waals surface area (Å²) in [6.45, 7) is 9.25. The summed E-state index contributed by atoms with van der Waals surface area (Å²) in [5.74, 6) is -0.0161. The van der Waals surface area contributed by atoms with Crippen molar-refractivity contribution in [2.45, 2.75) is 32.6 Å². The monoisotopic (exact) mass is 365 g/mol. The molecule has 2 aromatic rings. The standard InChI is InChI=1S/C23H31N3O/c1-23(2,3)20-15-21-18(10-11-24-21)14-19(20)16-6-8-17(9-7-16)22(27)25-12-13-26(4)5/h6-9,14-15,24H,10-13H2,1-5H3,(H,25,27). The molecule has 1 heterocycles. The van der Waals surface area contributed by atoms with Gasteiger partial charge < -0.3 is 15.5 Å². The lowest BCUT2D eigenvalue weighted by molar-refractivity contribution is 0.0951. The number of likely N-dealkylation sites (N-methyl/N-ethyl adjacent to an activating group) is 1.